The zero-order chi connectivity index (χ0) is 15.1. The second kappa shape index (κ2) is 7.89. The first-order valence-corrected chi connectivity index (χ1v) is 6.99. The summed E-state index contributed by atoms with van der Waals surface area (Å²) in [5, 5.41) is 2.60. The lowest BCUT2D eigenvalue weighted by atomic mass is 10.0. The maximum Gasteiger partial charge on any atom is 0.328 e. The number of hydrogen-bond donors (Lipinski definition) is 1. The highest BCUT2D eigenvalue weighted by Gasteiger charge is 2.24. The molecule has 0 bridgehead atoms. The molecule has 1 N–H and O–H groups in total. The van der Waals surface area contributed by atoms with Crippen LogP contribution in [0.5, 0.6) is 5.75 Å². The van der Waals surface area contributed by atoms with Crippen LogP contribution in [0.2, 0.25) is 0 Å². The molecular weight excluding hydrogens is 326 g/mol. The normalized spacial score (nSPS) is 11.8. The van der Waals surface area contributed by atoms with E-state index in [2.05, 4.69) is 26.0 Å². The molecule has 1 rings (SSSR count). The number of amides is 1. The zero-order valence-corrected chi connectivity index (χ0v) is 13.3. The van der Waals surface area contributed by atoms with E-state index in [1.165, 1.54) is 7.11 Å². The molecule has 0 aliphatic carbocycles. The minimum atomic E-state index is -0.668. The Bertz CT molecular complexity index is 476. The molecule has 1 aromatic carbocycles. The molecule has 1 atom stereocenters. The van der Waals surface area contributed by atoms with Gasteiger partial charge in [-0.1, -0.05) is 35.8 Å². The third-order valence-electron chi connectivity index (χ3n) is 2.60. The number of nitrogens with one attached hydrogen (secondary N) is 1. The van der Waals surface area contributed by atoms with Gasteiger partial charge in [0.1, 0.15) is 11.8 Å². The predicted octanol–water partition coefficient (Wildman–Crippen LogP) is 2.14. The highest BCUT2D eigenvalue weighted by molar-refractivity contribution is 9.10. The molecule has 0 heterocycles. The largest absolute Gasteiger partial charge is 0.484 e. The number of carbonyl (C=O) groups excluding carboxylic acids is 2. The molecule has 0 aliphatic heterocycles. The van der Waals surface area contributed by atoms with Crippen LogP contribution < -0.4 is 10.1 Å². The van der Waals surface area contributed by atoms with Gasteiger partial charge < -0.3 is 14.8 Å². The summed E-state index contributed by atoms with van der Waals surface area (Å²) in [6, 6.07) is 6.51. The highest BCUT2D eigenvalue weighted by Crippen LogP contribution is 2.17. The summed E-state index contributed by atoms with van der Waals surface area (Å²) < 4.78 is 10.9. The maximum atomic E-state index is 11.8. The SMILES string of the molecule is COC(=O)C(NC(=O)COc1cccc(Br)c1)C(C)C. The Balaban J connectivity index is 2.52. The van der Waals surface area contributed by atoms with Gasteiger partial charge in [0.15, 0.2) is 6.61 Å². The Morgan fingerprint density at radius 2 is 2.05 bits per heavy atom. The zero-order valence-electron chi connectivity index (χ0n) is 11.7. The van der Waals surface area contributed by atoms with Crippen molar-refractivity contribution in [1.29, 1.82) is 0 Å². The van der Waals surface area contributed by atoms with Gasteiger partial charge in [-0.25, -0.2) is 4.79 Å². The van der Waals surface area contributed by atoms with Crippen LogP contribution in [-0.2, 0) is 14.3 Å². The van der Waals surface area contributed by atoms with Crippen LogP contribution >= 0.6 is 15.9 Å². The summed E-state index contributed by atoms with van der Waals surface area (Å²) in [6.07, 6.45) is 0. The molecule has 6 heteroatoms. The van der Waals surface area contributed by atoms with Crippen molar-refractivity contribution in [2.75, 3.05) is 13.7 Å². The smallest absolute Gasteiger partial charge is 0.328 e. The summed E-state index contributed by atoms with van der Waals surface area (Å²) in [5.41, 5.74) is 0. The van der Waals surface area contributed by atoms with Crippen molar-refractivity contribution >= 4 is 27.8 Å². The molecule has 0 saturated carbocycles. The Labute approximate surface area is 126 Å². The first-order chi connectivity index (χ1) is 9.43. The number of carbonyl (C=O) groups is 2. The van der Waals surface area contributed by atoms with Gasteiger partial charge in [-0.05, 0) is 24.1 Å². The highest BCUT2D eigenvalue weighted by atomic mass is 79.9. The minimum Gasteiger partial charge on any atom is -0.484 e. The Morgan fingerprint density at radius 1 is 1.35 bits per heavy atom. The van der Waals surface area contributed by atoms with Crippen LogP contribution in [0.4, 0.5) is 0 Å². The molecular formula is C14H18BrNO4. The monoisotopic (exact) mass is 343 g/mol. The topological polar surface area (TPSA) is 64.6 Å². The van der Waals surface area contributed by atoms with Gasteiger partial charge in [-0.2, -0.15) is 0 Å². The summed E-state index contributed by atoms with van der Waals surface area (Å²) in [4.78, 5) is 23.3. The average molecular weight is 344 g/mol. The number of rotatable bonds is 6. The molecule has 0 spiro atoms. The number of esters is 1. The van der Waals surface area contributed by atoms with Crippen LogP contribution in [-0.4, -0.2) is 31.6 Å². The second-order valence-electron chi connectivity index (χ2n) is 4.56. The third-order valence-corrected chi connectivity index (χ3v) is 3.10. The molecule has 1 unspecified atom stereocenters. The first-order valence-electron chi connectivity index (χ1n) is 6.19. The van der Waals surface area contributed by atoms with Crippen LogP contribution in [0, 0.1) is 5.92 Å². The van der Waals surface area contributed by atoms with E-state index in [1.54, 1.807) is 12.1 Å². The molecule has 0 aromatic heterocycles. The predicted molar refractivity (Wildman–Crippen MR) is 78.4 cm³/mol. The number of halogens is 1. The van der Waals surface area contributed by atoms with Crippen molar-refractivity contribution in [3.05, 3.63) is 28.7 Å². The van der Waals surface area contributed by atoms with Crippen molar-refractivity contribution in [3.63, 3.8) is 0 Å². The summed E-state index contributed by atoms with van der Waals surface area (Å²) in [5.74, 6) is -0.309. The van der Waals surface area contributed by atoms with Gasteiger partial charge in [0.25, 0.3) is 5.91 Å². The molecule has 1 aromatic rings. The van der Waals surface area contributed by atoms with Gasteiger partial charge in [-0.15, -0.1) is 0 Å². The summed E-state index contributed by atoms with van der Waals surface area (Å²) >= 11 is 3.32. The van der Waals surface area contributed by atoms with E-state index in [-0.39, 0.29) is 18.4 Å². The molecule has 0 saturated heterocycles. The van der Waals surface area contributed by atoms with Gasteiger partial charge in [0.05, 0.1) is 7.11 Å². The van der Waals surface area contributed by atoms with E-state index in [0.29, 0.717) is 5.75 Å². The Hall–Kier alpha value is -1.56. The minimum absolute atomic E-state index is 0.0581. The molecule has 5 nitrogen and oxygen atoms in total. The van der Waals surface area contributed by atoms with Crippen LogP contribution in [0.25, 0.3) is 0 Å². The quantitative estimate of drug-likeness (QED) is 0.803. The molecule has 0 aliphatic rings. The fourth-order valence-corrected chi connectivity index (χ4v) is 1.92. The lowest BCUT2D eigenvalue weighted by molar-refractivity contribution is -0.146. The van der Waals surface area contributed by atoms with Gasteiger partial charge >= 0.3 is 5.97 Å². The fourth-order valence-electron chi connectivity index (χ4n) is 1.55. The molecule has 20 heavy (non-hydrogen) atoms. The van der Waals surface area contributed by atoms with Gasteiger partial charge in [-0.3, -0.25) is 4.79 Å². The van der Waals surface area contributed by atoms with Gasteiger partial charge in [0.2, 0.25) is 0 Å². The standard InChI is InChI=1S/C14H18BrNO4/c1-9(2)13(14(18)19-3)16-12(17)8-20-11-6-4-5-10(15)7-11/h4-7,9,13H,8H2,1-3H3,(H,16,17). The van der Waals surface area contributed by atoms with E-state index in [1.807, 2.05) is 26.0 Å². The van der Waals surface area contributed by atoms with Crippen molar-refractivity contribution in [1.82, 2.24) is 5.32 Å². The fraction of sp³-hybridized carbons (Fsp3) is 0.429. The second-order valence-corrected chi connectivity index (χ2v) is 5.47. The summed E-state index contributed by atoms with van der Waals surface area (Å²) in [6.45, 7) is 3.50. The van der Waals surface area contributed by atoms with Crippen molar-refractivity contribution in [2.24, 2.45) is 5.92 Å². The van der Waals surface area contributed by atoms with Crippen molar-refractivity contribution < 1.29 is 19.1 Å². The van der Waals surface area contributed by atoms with E-state index >= 15 is 0 Å². The Kier molecular flexibility index (Phi) is 6.51. The van der Waals surface area contributed by atoms with E-state index < -0.39 is 12.0 Å². The van der Waals surface area contributed by atoms with Crippen LogP contribution in [0.15, 0.2) is 28.7 Å². The van der Waals surface area contributed by atoms with Crippen LogP contribution in [0.3, 0.4) is 0 Å². The van der Waals surface area contributed by atoms with Gasteiger partial charge in [0, 0.05) is 4.47 Å². The number of benzene rings is 1. The van der Waals surface area contributed by atoms with E-state index in [0.717, 1.165) is 4.47 Å². The molecule has 110 valence electrons. The van der Waals surface area contributed by atoms with E-state index in [9.17, 15) is 9.59 Å². The maximum absolute atomic E-state index is 11.8. The summed E-state index contributed by atoms with van der Waals surface area (Å²) in [7, 11) is 1.29. The lowest BCUT2D eigenvalue weighted by Gasteiger charge is -2.19. The third kappa shape index (κ3) is 5.21. The first kappa shape index (κ1) is 16.5. The average Bonchev–Trinajstić information content (AvgIpc) is 2.41. The number of hydrogen-bond acceptors (Lipinski definition) is 4. The van der Waals surface area contributed by atoms with Crippen molar-refractivity contribution in [3.8, 4) is 5.75 Å². The number of methoxy groups -OCH3 is 1. The number of ether oxygens (including phenoxy) is 2. The van der Waals surface area contributed by atoms with E-state index in [4.69, 9.17) is 4.74 Å². The Morgan fingerprint density at radius 3 is 2.60 bits per heavy atom. The van der Waals surface area contributed by atoms with Crippen molar-refractivity contribution in [2.45, 2.75) is 19.9 Å². The molecule has 1 amide bonds. The molecule has 0 radical (unpaired) electrons. The molecule has 0 fully saturated rings. The lowest BCUT2D eigenvalue weighted by Crippen LogP contribution is -2.46. The van der Waals surface area contributed by atoms with Crippen LogP contribution in [0.1, 0.15) is 13.8 Å².